The number of nitrogen functional groups attached to an aromatic ring is 1. The van der Waals surface area contributed by atoms with Crippen LogP contribution in [0.5, 0.6) is 0 Å². The number of carboxylic acid groups (broad SMARTS) is 1. The molecule has 2 aliphatic carbocycles. The van der Waals surface area contributed by atoms with Crippen LogP contribution in [0.25, 0.3) is 16.7 Å². The van der Waals surface area contributed by atoms with Gasteiger partial charge < -0.3 is 15.6 Å². The Labute approximate surface area is 191 Å². The molecule has 5 nitrogen and oxygen atoms in total. The second kappa shape index (κ2) is 8.10. The van der Waals surface area contributed by atoms with Gasteiger partial charge in [-0.25, -0.2) is 0 Å². The number of carbonyl (C=O) groups excluding carboxylic acids is 1. The number of anilines is 1. The summed E-state index contributed by atoms with van der Waals surface area (Å²) in [7, 11) is 0. The maximum absolute atomic E-state index is 13.3. The van der Waals surface area contributed by atoms with E-state index in [0.29, 0.717) is 11.3 Å². The lowest BCUT2D eigenvalue weighted by molar-refractivity contribution is -0.164. The van der Waals surface area contributed by atoms with Gasteiger partial charge in [-0.3, -0.25) is 9.59 Å². The number of fused-ring (bicyclic) bond motifs is 3. The van der Waals surface area contributed by atoms with E-state index in [4.69, 9.17) is 10.5 Å². The number of hydrogen-bond acceptors (Lipinski definition) is 4. The minimum Gasteiger partial charge on any atom is -0.480 e. The molecule has 0 aliphatic heterocycles. The molecule has 0 saturated carbocycles. The third kappa shape index (κ3) is 3.42. The Hall–Kier alpha value is -4.12. The van der Waals surface area contributed by atoms with Crippen molar-refractivity contribution in [3.05, 3.63) is 108 Å². The van der Waals surface area contributed by atoms with Gasteiger partial charge in [-0.2, -0.15) is 0 Å². The van der Waals surface area contributed by atoms with Crippen LogP contribution in [0.1, 0.15) is 29.0 Å². The molecule has 5 rings (SSSR count). The van der Waals surface area contributed by atoms with Crippen LogP contribution in [0.3, 0.4) is 0 Å². The van der Waals surface area contributed by atoms with E-state index in [1.807, 2.05) is 54.6 Å². The minimum absolute atomic E-state index is 0.0241. The largest absolute Gasteiger partial charge is 0.480 e. The van der Waals surface area contributed by atoms with E-state index in [-0.39, 0.29) is 18.9 Å². The van der Waals surface area contributed by atoms with Crippen LogP contribution in [-0.4, -0.2) is 23.7 Å². The summed E-state index contributed by atoms with van der Waals surface area (Å²) in [6, 6.07) is 23.3. The Bertz CT molecular complexity index is 1280. The van der Waals surface area contributed by atoms with E-state index < -0.39 is 17.4 Å². The van der Waals surface area contributed by atoms with Gasteiger partial charge in [-0.15, -0.1) is 0 Å². The van der Waals surface area contributed by atoms with Gasteiger partial charge in [-0.05, 0) is 33.9 Å². The molecule has 164 valence electrons. The van der Waals surface area contributed by atoms with Crippen LogP contribution in [0, 0.1) is 5.41 Å². The molecular weight excluding hydrogens is 414 g/mol. The number of rotatable bonds is 5. The number of aliphatic carboxylic acids is 1. The van der Waals surface area contributed by atoms with E-state index in [0.717, 1.165) is 27.8 Å². The van der Waals surface area contributed by atoms with Gasteiger partial charge in [0.2, 0.25) is 0 Å². The van der Waals surface area contributed by atoms with Gasteiger partial charge in [0.1, 0.15) is 6.61 Å². The second-order valence-corrected chi connectivity index (χ2v) is 8.42. The fraction of sp³-hybridized carbons (Fsp3) is 0.143. The summed E-state index contributed by atoms with van der Waals surface area (Å²) in [6.07, 6.45) is 4.78. The average molecular weight is 437 g/mol. The molecule has 33 heavy (non-hydrogen) atoms. The second-order valence-electron chi connectivity index (χ2n) is 8.42. The number of esters is 1. The standard InChI is InChI=1S/C28H23NO4/c29-25-14-6-5-9-19(25)18-8-7-15-28(16-18,26(30)31)27(32)33-17-24-22-12-3-1-10-20(22)21-11-2-4-13-23(21)24/h1-15,24H,16-17,29H2,(H,30,31). The van der Waals surface area contributed by atoms with E-state index >= 15 is 0 Å². The van der Waals surface area contributed by atoms with Gasteiger partial charge >= 0.3 is 11.9 Å². The van der Waals surface area contributed by atoms with Crippen molar-refractivity contribution in [1.82, 2.24) is 0 Å². The molecule has 3 aromatic carbocycles. The van der Waals surface area contributed by atoms with Crippen molar-refractivity contribution >= 4 is 23.2 Å². The van der Waals surface area contributed by atoms with Gasteiger partial charge in [0.25, 0.3) is 0 Å². The average Bonchev–Trinajstić information content (AvgIpc) is 3.16. The Morgan fingerprint density at radius 1 is 0.909 bits per heavy atom. The summed E-state index contributed by atoms with van der Waals surface area (Å²) in [4.78, 5) is 25.7. The van der Waals surface area contributed by atoms with Gasteiger partial charge in [0, 0.05) is 23.6 Å². The molecule has 1 unspecified atom stereocenters. The first-order valence-electron chi connectivity index (χ1n) is 10.8. The number of nitrogens with two attached hydrogens (primary N) is 1. The van der Waals surface area contributed by atoms with Crippen LogP contribution in [0.15, 0.2) is 91.0 Å². The van der Waals surface area contributed by atoms with Crippen LogP contribution >= 0.6 is 0 Å². The highest BCUT2D eigenvalue weighted by molar-refractivity contribution is 6.04. The van der Waals surface area contributed by atoms with Gasteiger partial charge in [0.15, 0.2) is 5.41 Å². The molecule has 0 radical (unpaired) electrons. The quantitative estimate of drug-likeness (QED) is 0.332. The highest BCUT2D eigenvalue weighted by Crippen LogP contribution is 2.45. The lowest BCUT2D eigenvalue weighted by Crippen LogP contribution is -2.40. The zero-order valence-electron chi connectivity index (χ0n) is 17.9. The van der Waals surface area contributed by atoms with Crippen LogP contribution < -0.4 is 5.73 Å². The summed E-state index contributed by atoms with van der Waals surface area (Å²) in [5.74, 6) is -2.15. The Morgan fingerprint density at radius 2 is 1.48 bits per heavy atom. The maximum Gasteiger partial charge on any atom is 0.327 e. The number of benzene rings is 3. The van der Waals surface area contributed by atoms with E-state index in [1.165, 1.54) is 6.08 Å². The summed E-state index contributed by atoms with van der Waals surface area (Å²) < 4.78 is 5.73. The first-order chi connectivity index (χ1) is 16.0. The highest BCUT2D eigenvalue weighted by Gasteiger charge is 2.48. The topological polar surface area (TPSA) is 89.6 Å². The normalized spacial score (nSPS) is 18.8. The zero-order chi connectivity index (χ0) is 23.0. The number of hydrogen-bond donors (Lipinski definition) is 2. The monoisotopic (exact) mass is 437 g/mol. The summed E-state index contributed by atoms with van der Waals surface area (Å²) >= 11 is 0. The fourth-order valence-corrected chi connectivity index (χ4v) is 4.82. The molecule has 3 aromatic rings. The predicted molar refractivity (Wildman–Crippen MR) is 127 cm³/mol. The molecule has 0 amide bonds. The Morgan fingerprint density at radius 3 is 2.09 bits per heavy atom. The Balaban J connectivity index is 1.41. The minimum atomic E-state index is -1.80. The summed E-state index contributed by atoms with van der Waals surface area (Å²) in [6.45, 7) is 0.0717. The molecule has 3 N–H and O–H groups in total. The third-order valence-corrected chi connectivity index (χ3v) is 6.54. The van der Waals surface area contributed by atoms with Crippen LogP contribution in [0.2, 0.25) is 0 Å². The Kier molecular flexibility index (Phi) is 5.09. The first kappa shape index (κ1) is 20.8. The number of allylic oxidation sites excluding steroid dienone is 3. The van der Waals surface area contributed by atoms with E-state index in [9.17, 15) is 14.7 Å². The van der Waals surface area contributed by atoms with E-state index in [1.54, 1.807) is 18.2 Å². The van der Waals surface area contributed by atoms with Crippen LogP contribution in [0.4, 0.5) is 5.69 Å². The number of para-hydroxylation sites is 1. The van der Waals surface area contributed by atoms with Crippen molar-refractivity contribution in [2.45, 2.75) is 12.3 Å². The third-order valence-electron chi connectivity index (χ3n) is 6.54. The highest BCUT2D eigenvalue weighted by atomic mass is 16.5. The molecule has 0 bridgehead atoms. The molecule has 0 aromatic heterocycles. The number of carbonyl (C=O) groups is 2. The first-order valence-corrected chi connectivity index (χ1v) is 10.8. The van der Waals surface area contributed by atoms with E-state index in [2.05, 4.69) is 12.1 Å². The van der Waals surface area contributed by atoms with Crippen LogP contribution in [-0.2, 0) is 14.3 Å². The molecule has 5 heteroatoms. The van der Waals surface area contributed by atoms with Crippen molar-refractivity contribution in [3.8, 4) is 11.1 Å². The number of carboxylic acids is 1. The molecule has 0 heterocycles. The van der Waals surface area contributed by atoms with Crippen molar-refractivity contribution in [1.29, 1.82) is 0 Å². The number of ether oxygens (including phenoxy) is 1. The zero-order valence-corrected chi connectivity index (χ0v) is 17.9. The maximum atomic E-state index is 13.3. The van der Waals surface area contributed by atoms with Crippen molar-refractivity contribution < 1.29 is 19.4 Å². The predicted octanol–water partition coefficient (Wildman–Crippen LogP) is 5.04. The summed E-state index contributed by atoms with van der Waals surface area (Å²) in [5.41, 5.74) is 10.6. The lowest BCUT2D eigenvalue weighted by atomic mass is 9.76. The molecule has 0 fully saturated rings. The fourth-order valence-electron chi connectivity index (χ4n) is 4.82. The molecule has 0 spiro atoms. The van der Waals surface area contributed by atoms with Crippen molar-refractivity contribution in [3.63, 3.8) is 0 Å². The molecule has 0 saturated heterocycles. The van der Waals surface area contributed by atoms with Gasteiger partial charge in [0.05, 0.1) is 0 Å². The van der Waals surface area contributed by atoms with Crippen molar-refractivity contribution in [2.24, 2.45) is 5.41 Å². The molecule has 1 atom stereocenters. The van der Waals surface area contributed by atoms with Gasteiger partial charge in [-0.1, -0.05) is 85.0 Å². The smallest absolute Gasteiger partial charge is 0.327 e. The summed E-state index contributed by atoms with van der Waals surface area (Å²) in [5, 5.41) is 10.1. The molecule has 2 aliphatic rings. The molecular formula is C28H23NO4. The SMILES string of the molecule is Nc1ccccc1C1=CC=CC(C(=O)O)(C(=O)OCC2c3ccccc3-c3ccccc32)C1. The lowest BCUT2D eigenvalue weighted by Gasteiger charge is -2.28. The van der Waals surface area contributed by atoms with Crippen molar-refractivity contribution in [2.75, 3.05) is 12.3 Å².